The van der Waals surface area contributed by atoms with E-state index in [1.165, 1.54) is 41.7 Å². The molecule has 0 unspecified atom stereocenters. The van der Waals surface area contributed by atoms with Crippen LogP contribution in [0.2, 0.25) is 0 Å². The molecule has 0 amide bonds. The monoisotopic (exact) mass is 621 g/mol. The minimum Gasteiger partial charge on any atom is -0.506 e. The van der Waals surface area contributed by atoms with E-state index in [0.717, 1.165) is 0 Å². The molecule has 1 aliphatic rings. The predicted octanol–water partition coefficient (Wildman–Crippen LogP) is 1.97. The number of carbonyl (C=O) groups excluding carboxylic acids is 1. The molecule has 42 heavy (non-hydrogen) atoms. The summed E-state index contributed by atoms with van der Waals surface area (Å²) in [5.74, 6) is 0.0664. The first-order chi connectivity index (χ1) is 20.1. The summed E-state index contributed by atoms with van der Waals surface area (Å²) in [5.41, 5.74) is 0.821. The first-order valence-corrected chi connectivity index (χ1v) is 15.6. The van der Waals surface area contributed by atoms with Crippen molar-refractivity contribution in [1.29, 1.82) is 0 Å². The third-order valence-electron chi connectivity index (χ3n) is 6.89. The molecule has 1 saturated heterocycles. The Morgan fingerprint density at radius 3 is 2.60 bits per heavy atom. The van der Waals surface area contributed by atoms with E-state index in [4.69, 9.17) is 4.52 Å². The second-order valence-electron chi connectivity index (χ2n) is 9.69. The number of nitrogens with zero attached hydrogens (tertiary/aromatic N) is 4. The van der Waals surface area contributed by atoms with Gasteiger partial charge >= 0.3 is 16.5 Å². The van der Waals surface area contributed by atoms with Crippen molar-refractivity contribution in [2.45, 2.75) is 36.7 Å². The quantitative estimate of drug-likeness (QED) is 0.249. The number of aliphatic hydroxyl groups is 1. The zero-order chi connectivity index (χ0) is 30.3. The van der Waals surface area contributed by atoms with Gasteiger partial charge in [-0.25, -0.2) is 8.42 Å². The van der Waals surface area contributed by atoms with Crippen LogP contribution in [0.15, 0.2) is 56.2 Å². The number of rotatable bonds is 12. The highest BCUT2D eigenvalue weighted by atomic mass is 32.2. The highest BCUT2D eigenvalue weighted by Gasteiger charge is 2.29. The molecular formula is C26H31N5O9S2. The maximum Gasteiger partial charge on any atom is 0.316 e. The molecule has 1 atom stereocenters. The van der Waals surface area contributed by atoms with Gasteiger partial charge in [0, 0.05) is 31.6 Å². The fourth-order valence-corrected chi connectivity index (χ4v) is 6.28. The van der Waals surface area contributed by atoms with Gasteiger partial charge in [-0.2, -0.15) is 17.7 Å². The molecule has 4 rings (SSSR count). The van der Waals surface area contributed by atoms with Gasteiger partial charge in [0.1, 0.15) is 11.4 Å². The minimum atomic E-state index is -3.70. The Balaban J connectivity index is 1.26. The third-order valence-corrected chi connectivity index (χ3v) is 9.15. The third kappa shape index (κ3) is 7.98. The van der Waals surface area contributed by atoms with Gasteiger partial charge < -0.3 is 24.8 Å². The lowest BCUT2D eigenvalue weighted by atomic mass is 9.98. The summed E-state index contributed by atoms with van der Waals surface area (Å²) in [6.07, 6.45) is 0.657. The molecule has 0 aliphatic carbocycles. The van der Waals surface area contributed by atoms with Crippen LogP contribution < -0.4 is 5.32 Å². The largest absolute Gasteiger partial charge is 0.506 e. The van der Waals surface area contributed by atoms with Gasteiger partial charge in [0.25, 0.3) is 0 Å². The molecule has 226 valence electrons. The number of esters is 1. The van der Waals surface area contributed by atoms with Gasteiger partial charge in [-0.1, -0.05) is 11.2 Å². The number of hydrogen-bond acceptors (Lipinski definition) is 13. The maximum absolute atomic E-state index is 13.2. The van der Waals surface area contributed by atoms with Gasteiger partial charge in [-0.15, -0.1) is 4.36 Å². The van der Waals surface area contributed by atoms with E-state index in [2.05, 4.69) is 24.6 Å². The number of piperidine rings is 1. The highest BCUT2D eigenvalue weighted by Crippen LogP contribution is 2.30. The van der Waals surface area contributed by atoms with E-state index in [1.807, 2.05) is 0 Å². The van der Waals surface area contributed by atoms with Crippen LogP contribution in [0, 0.1) is 5.92 Å². The van der Waals surface area contributed by atoms with E-state index in [9.17, 15) is 31.8 Å². The number of carbonyl (C=O) groups is 1. The molecule has 0 radical (unpaired) electrons. The summed E-state index contributed by atoms with van der Waals surface area (Å²) in [4.78, 5) is 15.7. The highest BCUT2D eigenvalue weighted by molar-refractivity contribution is 7.89. The molecule has 14 nitrogen and oxygen atoms in total. The summed E-state index contributed by atoms with van der Waals surface area (Å²) < 4.78 is 62.6. The Labute approximate surface area is 244 Å². The molecule has 2 aromatic carbocycles. The van der Waals surface area contributed by atoms with Crippen molar-refractivity contribution in [1.82, 2.24) is 19.8 Å². The topological polar surface area (TPSA) is 202 Å². The van der Waals surface area contributed by atoms with Gasteiger partial charge in [0.15, 0.2) is 0 Å². The summed E-state index contributed by atoms with van der Waals surface area (Å²) in [6.45, 7) is 1.44. The molecule has 3 aromatic rings. The fourth-order valence-electron chi connectivity index (χ4n) is 4.51. The molecule has 1 aromatic heterocycles. The van der Waals surface area contributed by atoms with Crippen molar-refractivity contribution in [3.8, 4) is 17.1 Å². The number of sulfonamides is 1. The number of ether oxygens (including phenoxy) is 1. The second kappa shape index (κ2) is 14.0. The van der Waals surface area contributed by atoms with Crippen LogP contribution in [0.1, 0.15) is 36.8 Å². The number of nitrogens with one attached hydrogen (secondary N) is 1. The first kappa shape index (κ1) is 31.2. The molecule has 1 fully saturated rings. The van der Waals surface area contributed by atoms with Gasteiger partial charge in [-0.3, -0.25) is 4.79 Å². The van der Waals surface area contributed by atoms with Crippen LogP contribution in [-0.2, 0) is 36.5 Å². The van der Waals surface area contributed by atoms with Crippen molar-refractivity contribution in [3.63, 3.8) is 0 Å². The lowest BCUT2D eigenvalue weighted by Gasteiger charge is -2.31. The van der Waals surface area contributed by atoms with Crippen LogP contribution in [0.25, 0.3) is 11.4 Å². The minimum absolute atomic E-state index is 0.108. The SMILES string of the molecule is COC(=O)CCc1nc(-c2ccc(S(=O)(=O)N3CCC(CNC[C@@H](O)c4ccc(O)c(N=S(=O)=O)c4)CC3)cc2)no1. The molecule has 0 spiro atoms. The van der Waals surface area contributed by atoms with Crippen molar-refractivity contribution in [3.05, 3.63) is 53.9 Å². The van der Waals surface area contributed by atoms with Crippen LogP contribution in [0.5, 0.6) is 5.75 Å². The van der Waals surface area contributed by atoms with Crippen LogP contribution >= 0.6 is 0 Å². The van der Waals surface area contributed by atoms with Gasteiger partial charge in [-0.05, 0) is 67.3 Å². The van der Waals surface area contributed by atoms with E-state index in [1.54, 1.807) is 12.1 Å². The number of aromatic nitrogens is 2. The fraction of sp³-hybridized carbons (Fsp3) is 0.423. The number of hydrogen-bond donors (Lipinski definition) is 3. The number of aromatic hydroxyl groups is 1. The Morgan fingerprint density at radius 1 is 1.21 bits per heavy atom. The summed E-state index contributed by atoms with van der Waals surface area (Å²) in [7, 11) is -5.14. The van der Waals surface area contributed by atoms with E-state index in [-0.39, 0.29) is 59.3 Å². The zero-order valence-electron chi connectivity index (χ0n) is 22.7. The Hall–Kier alpha value is -3.70. The molecule has 16 heteroatoms. The molecule has 0 bridgehead atoms. The van der Waals surface area contributed by atoms with Crippen molar-refractivity contribution in [2.24, 2.45) is 10.3 Å². The summed E-state index contributed by atoms with van der Waals surface area (Å²) in [6, 6.07) is 10.3. The van der Waals surface area contributed by atoms with Gasteiger partial charge in [0.05, 0.1) is 24.5 Å². The number of phenolic OH excluding ortho intramolecular Hbond substituents is 1. The van der Waals surface area contributed by atoms with Gasteiger partial charge in [0.2, 0.25) is 21.7 Å². The van der Waals surface area contributed by atoms with Crippen LogP contribution in [-0.4, -0.2) is 80.8 Å². The predicted molar refractivity (Wildman–Crippen MR) is 148 cm³/mol. The Kier molecular flexibility index (Phi) is 10.4. The first-order valence-electron chi connectivity index (χ1n) is 13.1. The smallest absolute Gasteiger partial charge is 0.316 e. The van der Waals surface area contributed by atoms with Crippen molar-refractivity contribution in [2.75, 3.05) is 33.3 Å². The summed E-state index contributed by atoms with van der Waals surface area (Å²) >= 11 is 0. The number of aryl methyl sites for hydroxylation is 1. The van der Waals surface area contributed by atoms with Crippen molar-refractivity contribution < 1.29 is 41.1 Å². The molecule has 1 aliphatic heterocycles. The van der Waals surface area contributed by atoms with E-state index >= 15 is 0 Å². The molecular weight excluding hydrogens is 590 g/mol. The average molecular weight is 622 g/mol. The number of phenols is 1. The Morgan fingerprint density at radius 2 is 1.93 bits per heavy atom. The van der Waals surface area contributed by atoms with E-state index in [0.29, 0.717) is 43.6 Å². The maximum atomic E-state index is 13.2. The van der Waals surface area contributed by atoms with Crippen LogP contribution in [0.3, 0.4) is 0 Å². The molecule has 2 heterocycles. The standard InChI is InChI=1S/C26H31N5O9S2/c1-39-25(34)9-8-24-28-26(29-40-24)18-2-5-20(6-3-18)42(37,38)31-12-10-17(11-13-31)15-27-16-23(33)19-4-7-22(32)21(14-19)30-41(35)36/h2-7,14,17,23,27,32-33H,8-13,15-16H2,1H3/t23-/m1/s1. The lowest BCUT2D eigenvalue weighted by Crippen LogP contribution is -2.41. The summed E-state index contributed by atoms with van der Waals surface area (Å²) in [5, 5.41) is 27.3. The number of methoxy groups -OCH3 is 1. The molecule has 3 N–H and O–H groups in total. The lowest BCUT2D eigenvalue weighted by molar-refractivity contribution is -0.140. The zero-order valence-corrected chi connectivity index (χ0v) is 24.3. The number of benzene rings is 2. The molecule has 0 saturated carbocycles. The van der Waals surface area contributed by atoms with Crippen LogP contribution in [0.4, 0.5) is 5.69 Å². The second-order valence-corrected chi connectivity index (χ2v) is 12.2. The normalized spacial score (nSPS) is 15.3. The number of aliphatic hydroxyl groups excluding tert-OH is 1. The Bertz CT molecular complexity index is 1620. The van der Waals surface area contributed by atoms with E-state index < -0.39 is 26.6 Å². The average Bonchev–Trinajstić information content (AvgIpc) is 3.46. The van der Waals surface area contributed by atoms with Crippen molar-refractivity contribution >= 4 is 32.2 Å².